The van der Waals surface area contributed by atoms with E-state index in [0.717, 1.165) is 25.2 Å². The molecule has 0 radical (unpaired) electrons. The zero-order chi connectivity index (χ0) is 19.1. The van der Waals surface area contributed by atoms with Gasteiger partial charge in [-0.15, -0.1) is 0 Å². The van der Waals surface area contributed by atoms with Gasteiger partial charge in [0, 0.05) is 25.7 Å². The first-order valence-electron chi connectivity index (χ1n) is 9.21. The lowest BCUT2D eigenvalue weighted by molar-refractivity contribution is -0.117. The topological polar surface area (TPSA) is 41.6 Å². The molecule has 2 aromatic rings. The molecule has 2 aromatic carbocycles. The molecule has 1 atom stereocenters. The number of aryl methyl sites for hydroxylation is 1. The lowest BCUT2D eigenvalue weighted by Crippen LogP contribution is -2.42. The van der Waals surface area contributed by atoms with Gasteiger partial charge in [0.2, 0.25) is 5.91 Å². The van der Waals surface area contributed by atoms with Crippen molar-refractivity contribution in [3.05, 3.63) is 77.1 Å². The van der Waals surface area contributed by atoms with Crippen LogP contribution in [0.25, 0.3) is 6.08 Å². The number of rotatable bonds is 6. The van der Waals surface area contributed by atoms with Crippen LogP contribution in [0.4, 0.5) is 4.39 Å². The summed E-state index contributed by atoms with van der Waals surface area (Å²) in [5.74, 6) is -0.513. The molecule has 142 valence electrons. The number of nitrogens with zero attached hydrogens (tertiary/aromatic N) is 1. The number of hydrogen-bond donors (Lipinski definition) is 1. The van der Waals surface area contributed by atoms with Gasteiger partial charge >= 0.3 is 0 Å². The standard InChI is InChI=1S/C22H25FN2O2/c1-17-5-8-19(9-6-17)21(16-25-11-13-27-14-12-25)24-22(26)10-7-18-3-2-4-20(23)15-18/h2-10,15,21H,11-14,16H2,1H3,(H,24,26)/b10-7+/t21-/m0/s1. The third-order valence-electron chi connectivity index (χ3n) is 4.62. The lowest BCUT2D eigenvalue weighted by Gasteiger charge is -2.31. The van der Waals surface area contributed by atoms with Crippen LogP contribution < -0.4 is 5.32 Å². The van der Waals surface area contributed by atoms with Crippen LogP contribution in [0.3, 0.4) is 0 Å². The normalized spacial score (nSPS) is 16.4. The molecular formula is C22H25FN2O2. The van der Waals surface area contributed by atoms with E-state index in [1.54, 1.807) is 18.2 Å². The molecular weight excluding hydrogens is 343 g/mol. The molecule has 1 aliphatic heterocycles. The monoisotopic (exact) mass is 368 g/mol. The smallest absolute Gasteiger partial charge is 0.244 e. The van der Waals surface area contributed by atoms with Crippen molar-refractivity contribution >= 4 is 12.0 Å². The average molecular weight is 368 g/mol. The summed E-state index contributed by atoms with van der Waals surface area (Å²) in [5.41, 5.74) is 2.91. The summed E-state index contributed by atoms with van der Waals surface area (Å²) in [6, 6.07) is 14.3. The SMILES string of the molecule is Cc1ccc([C@H](CN2CCOCC2)NC(=O)/C=C/c2cccc(F)c2)cc1. The quantitative estimate of drug-likeness (QED) is 0.795. The lowest BCUT2D eigenvalue weighted by atomic mass is 10.0. The first-order valence-corrected chi connectivity index (χ1v) is 9.21. The number of morpholine rings is 1. The van der Waals surface area contributed by atoms with E-state index in [2.05, 4.69) is 34.5 Å². The Labute approximate surface area is 159 Å². The summed E-state index contributed by atoms with van der Waals surface area (Å²) in [6.07, 6.45) is 3.08. The Bertz CT molecular complexity index is 783. The van der Waals surface area contributed by atoms with Crippen molar-refractivity contribution in [2.75, 3.05) is 32.8 Å². The second kappa shape index (κ2) is 9.44. The molecule has 3 rings (SSSR count). The van der Waals surface area contributed by atoms with Crippen LogP contribution in [0.1, 0.15) is 22.7 Å². The fourth-order valence-corrected chi connectivity index (χ4v) is 3.08. The van der Waals surface area contributed by atoms with E-state index in [0.29, 0.717) is 18.8 Å². The van der Waals surface area contributed by atoms with Gasteiger partial charge in [0.05, 0.1) is 19.3 Å². The minimum absolute atomic E-state index is 0.117. The summed E-state index contributed by atoms with van der Waals surface area (Å²) in [4.78, 5) is 14.8. The number of nitrogens with one attached hydrogen (secondary N) is 1. The van der Waals surface area contributed by atoms with E-state index >= 15 is 0 Å². The van der Waals surface area contributed by atoms with Crippen LogP contribution in [0, 0.1) is 12.7 Å². The van der Waals surface area contributed by atoms with Gasteiger partial charge in [-0.2, -0.15) is 0 Å². The Balaban J connectivity index is 1.69. The fourth-order valence-electron chi connectivity index (χ4n) is 3.08. The highest BCUT2D eigenvalue weighted by molar-refractivity contribution is 5.92. The molecule has 5 heteroatoms. The minimum Gasteiger partial charge on any atom is -0.379 e. The van der Waals surface area contributed by atoms with Crippen molar-refractivity contribution in [2.45, 2.75) is 13.0 Å². The summed E-state index contributed by atoms with van der Waals surface area (Å²) < 4.78 is 18.7. The predicted molar refractivity (Wildman–Crippen MR) is 105 cm³/mol. The van der Waals surface area contributed by atoms with Crippen molar-refractivity contribution in [1.29, 1.82) is 0 Å². The molecule has 0 aromatic heterocycles. The highest BCUT2D eigenvalue weighted by atomic mass is 19.1. The molecule has 0 saturated carbocycles. The van der Waals surface area contributed by atoms with Crippen molar-refractivity contribution in [1.82, 2.24) is 10.2 Å². The Morgan fingerprint density at radius 1 is 1.22 bits per heavy atom. The second-order valence-corrected chi connectivity index (χ2v) is 6.77. The van der Waals surface area contributed by atoms with Crippen LogP contribution in [-0.4, -0.2) is 43.7 Å². The number of hydrogen-bond acceptors (Lipinski definition) is 3. The number of ether oxygens (including phenoxy) is 1. The van der Waals surface area contributed by atoms with E-state index in [1.807, 2.05) is 6.92 Å². The van der Waals surface area contributed by atoms with Crippen molar-refractivity contribution < 1.29 is 13.9 Å². The van der Waals surface area contributed by atoms with E-state index < -0.39 is 0 Å². The first-order chi connectivity index (χ1) is 13.1. The van der Waals surface area contributed by atoms with Crippen molar-refractivity contribution in [3.63, 3.8) is 0 Å². The highest BCUT2D eigenvalue weighted by Gasteiger charge is 2.19. The molecule has 0 spiro atoms. The van der Waals surface area contributed by atoms with Crippen LogP contribution in [-0.2, 0) is 9.53 Å². The maximum absolute atomic E-state index is 13.3. The number of carbonyl (C=O) groups excluding carboxylic acids is 1. The number of amides is 1. The van der Waals surface area contributed by atoms with Gasteiger partial charge in [0.25, 0.3) is 0 Å². The molecule has 1 N–H and O–H groups in total. The third kappa shape index (κ3) is 6.01. The molecule has 1 fully saturated rings. The maximum Gasteiger partial charge on any atom is 0.244 e. The van der Waals surface area contributed by atoms with E-state index in [9.17, 15) is 9.18 Å². The van der Waals surface area contributed by atoms with Gasteiger partial charge in [-0.25, -0.2) is 4.39 Å². The largest absolute Gasteiger partial charge is 0.379 e. The van der Waals surface area contributed by atoms with Gasteiger partial charge in [0.1, 0.15) is 5.82 Å². The maximum atomic E-state index is 13.3. The van der Waals surface area contributed by atoms with Crippen LogP contribution in [0.5, 0.6) is 0 Å². The summed E-state index contributed by atoms with van der Waals surface area (Å²) in [7, 11) is 0. The Kier molecular flexibility index (Phi) is 6.74. The number of carbonyl (C=O) groups is 1. The molecule has 1 aliphatic rings. The van der Waals surface area contributed by atoms with E-state index in [4.69, 9.17) is 4.74 Å². The summed E-state index contributed by atoms with van der Waals surface area (Å²) >= 11 is 0. The number of benzene rings is 2. The Morgan fingerprint density at radius 2 is 1.96 bits per heavy atom. The second-order valence-electron chi connectivity index (χ2n) is 6.77. The zero-order valence-corrected chi connectivity index (χ0v) is 15.5. The molecule has 1 saturated heterocycles. The summed E-state index contributed by atoms with van der Waals surface area (Å²) in [6.45, 7) is 5.92. The predicted octanol–water partition coefficient (Wildman–Crippen LogP) is 3.34. The Morgan fingerprint density at radius 3 is 2.67 bits per heavy atom. The molecule has 0 bridgehead atoms. The van der Waals surface area contributed by atoms with Gasteiger partial charge in [-0.05, 0) is 36.3 Å². The first kappa shape index (κ1) is 19.3. The molecule has 0 aliphatic carbocycles. The third-order valence-corrected chi connectivity index (χ3v) is 4.62. The molecule has 0 unspecified atom stereocenters. The van der Waals surface area contributed by atoms with Gasteiger partial charge in [-0.1, -0.05) is 42.0 Å². The fraction of sp³-hybridized carbons (Fsp3) is 0.318. The van der Waals surface area contributed by atoms with Crippen LogP contribution in [0.15, 0.2) is 54.6 Å². The van der Waals surface area contributed by atoms with Crippen LogP contribution in [0.2, 0.25) is 0 Å². The molecule has 27 heavy (non-hydrogen) atoms. The molecule has 1 amide bonds. The van der Waals surface area contributed by atoms with Crippen LogP contribution >= 0.6 is 0 Å². The van der Waals surface area contributed by atoms with E-state index in [1.165, 1.54) is 23.8 Å². The number of halogens is 1. The minimum atomic E-state index is -0.317. The highest BCUT2D eigenvalue weighted by Crippen LogP contribution is 2.17. The molecule has 1 heterocycles. The molecule has 4 nitrogen and oxygen atoms in total. The van der Waals surface area contributed by atoms with Gasteiger partial charge in [0.15, 0.2) is 0 Å². The van der Waals surface area contributed by atoms with Crippen molar-refractivity contribution in [2.24, 2.45) is 0 Å². The Hall–Kier alpha value is -2.50. The average Bonchev–Trinajstić information content (AvgIpc) is 2.67. The zero-order valence-electron chi connectivity index (χ0n) is 15.5. The van der Waals surface area contributed by atoms with Crippen molar-refractivity contribution in [3.8, 4) is 0 Å². The van der Waals surface area contributed by atoms with Gasteiger partial charge < -0.3 is 10.1 Å². The van der Waals surface area contributed by atoms with E-state index in [-0.39, 0.29) is 17.8 Å². The van der Waals surface area contributed by atoms with Gasteiger partial charge in [-0.3, -0.25) is 9.69 Å². The summed E-state index contributed by atoms with van der Waals surface area (Å²) in [5, 5.41) is 3.08.